The lowest BCUT2D eigenvalue weighted by atomic mass is 9.92. The van der Waals surface area contributed by atoms with Gasteiger partial charge in [0.25, 0.3) is 0 Å². The van der Waals surface area contributed by atoms with Gasteiger partial charge in [-0.3, -0.25) is 9.69 Å². The number of methoxy groups -OCH3 is 1. The zero-order valence-corrected chi connectivity index (χ0v) is 18.6. The van der Waals surface area contributed by atoms with Gasteiger partial charge in [0.1, 0.15) is 17.5 Å². The number of fused-ring (bicyclic) bond motifs is 1. The molecule has 0 saturated carbocycles. The van der Waals surface area contributed by atoms with Crippen molar-refractivity contribution < 1.29 is 22.6 Å². The Morgan fingerprint density at radius 3 is 2.70 bits per heavy atom. The van der Waals surface area contributed by atoms with Crippen molar-refractivity contribution in [1.29, 1.82) is 0 Å². The summed E-state index contributed by atoms with van der Waals surface area (Å²) in [4.78, 5) is 15.7. The van der Waals surface area contributed by atoms with Crippen LogP contribution in [0.25, 0.3) is 10.9 Å². The van der Waals surface area contributed by atoms with Crippen molar-refractivity contribution in [3.05, 3.63) is 76.1 Å². The SMILES string of the molecule is CCC(Oc1cccc(C2(OC)CCN(CC(F)(F)F)C2)c1)c1ccc2[nH]c(=O)ccc2c1. The summed E-state index contributed by atoms with van der Waals surface area (Å²) in [5.74, 6) is 0.631. The topological polar surface area (TPSA) is 54.6 Å². The van der Waals surface area contributed by atoms with E-state index in [1.165, 1.54) is 11.0 Å². The molecule has 4 rings (SSSR count). The summed E-state index contributed by atoms with van der Waals surface area (Å²) in [6.45, 7) is 1.56. The van der Waals surface area contributed by atoms with Crippen molar-refractivity contribution in [2.75, 3.05) is 26.7 Å². The lowest BCUT2D eigenvalue weighted by Gasteiger charge is -2.29. The molecule has 176 valence electrons. The van der Waals surface area contributed by atoms with Crippen LogP contribution in [0.1, 0.15) is 37.0 Å². The van der Waals surface area contributed by atoms with E-state index in [0.717, 1.165) is 22.0 Å². The van der Waals surface area contributed by atoms with Crippen LogP contribution in [0.4, 0.5) is 13.2 Å². The largest absolute Gasteiger partial charge is 0.486 e. The number of likely N-dealkylation sites (tertiary alicyclic amines) is 1. The Morgan fingerprint density at radius 1 is 1.15 bits per heavy atom. The van der Waals surface area contributed by atoms with Gasteiger partial charge in [-0.25, -0.2) is 0 Å². The molecule has 0 bridgehead atoms. The number of hydrogen-bond acceptors (Lipinski definition) is 4. The monoisotopic (exact) mass is 460 g/mol. The minimum Gasteiger partial charge on any atom is -0.486 e. The molecule has 2 heterocycles. The minimum atomic E-state index is -4.24. The molecule has 1 fully saturated rings. The van der Waals surface area contributed by atoms with Crippen LogP contribution in [0.15, 0.2) is 59.4 Å². The van der Waals surface area contributed by atoms with E-state index in [0.29, 0.717) is 25.1 Å². The van der Waals surface area contributed by atoms with Crippen LogP contribution in [0.3, 0.4) is 0 Å². The summed E-state index contributed by atoms with van der Waals surface area (Å²) in [5, 5.41) is 0.914. The van der Waals surface area contributed by atoms with Crippen molar-refractivity contribution in [1.82, 2.24) is 9.88 Å². The average Bonchev–Trinajstić information content (AvgIpc) is 3.20. The van der Waals surface area contributed by atoms with Gasteiger partial charge in [-0.05, 0) is 59.7 Å². The Labute approximate surface area is 190 Å². The molecule has 0 radical (unpaired) electrons. The first kappa shape index (κ1) is 23.3. The predicted octanol–water partition coefficient (Wildman–Crippen LogP) is 5.17. The van der Waals surface area contributed by atoms with E-state index >= 15 is 0 Å². The van der Waals surface area contributed by atoms with E-state index in [1.54, 1.807) is 13.2 Å². The highest BCUT2D eigenvalue weighted by Crippen LogP contribution is 2.38. The molecule has 2 unspecified atom stereocenters. The molecule has 1 aromatic heterocycles. The summed E-state index contributed by atoms with van der Waals surface area (Å²) in [6.07, 6.45) is -3.27. The molecule has 0 aliphatic carbocycles. The maximum absolute atomic E-state index is 12.9. The second kappa shape index (κ2) is 9.19. The number of ether oxygens (including phenoxy) is 2. The van der Waals surface area contributed by atoms with Gasteiger partial charge in [0.2, 0.25) is 5.56 Å². The van der Waals surface area contributed by atoms with E-state index in [-0.39, 0.29) is 18.2 Å². The van der Waals surface area contributed by atoms with Crippen LogP contribution in [-0.2, 0) is 10.3 Å². The Balaban J connectivity index is 1.55. The third kappa shape index (κ3) is 5.23. The first-order valence-electron chi connectivity index (χ1n) is 11.0. The number of alkyl halides is 3. The predicted molar refractivity (Wildman–Crippen MR) is 120 cm³/mol. The van der Waals surface area contributed by atoms with Gasteiger partial charge in [-0.15, -0.1) is 0 Å². The average molecular weight is 460 g/mol. The van der Waals surface area contributed by atoms with E-state index < -0.39 is 18.3 Å². The zero-order chi connectivity index (χ0) is 23.6. The van der Waals surface area contributed by atoms with Gasteiger partial charge < -0.3 is 14.5 Å². The highest BCUT2D eigenvalue weighted by Gasteiger charge is 2.43. The number of aromatic amines is 1. The molecule has 8 heteroatoms. The number of H-pyrrole nitrogens is 1. The molecule has 5 nitrogen and oxygen atoms in total. The van der Waals surface area contributed by atoms with E-state index in [2.05, 4.69) is 4.98 Å². The van der Waals surface area contributed by atoms with E-state index in [4.69, 9.17) is 9.47 Å². The van der Waals surface area contributed by atoms with Gasteiger partial charge in [0.05, 0.1) is 6.54 Å². The quantitative estimate of drug-likeness (QED) is 0.529. The Kier molecular flexibility index (Phi) is 6.50. The summed E-state index contributed by atoms with van der Waals surface area (Å²) in [7, 11) is 1.54. The fourth-order valence-electron chi connectivity index (χ4n) is 4.54. The van der Waals surface area contributed by atoms with Crippen LogP contribution in [0.5, 0.6) is 5.75 Å². The fourth-order valence-corrected chi connectivity index (χ4v) is 4.54. The summed E-state index contributed by atoms with van der Waals surface area (Å²) < 4.78 is 50.7. The molecule has 2 atom stereocenters. The van der Waals surface area contributed by atoms with E-state index in [9.17, 15) is 18.0 Å². The summed E-state index contributed by atoms with van der Waals surface area (Å²) >= 11 is 0. The van der Waals surface area contributed by atoms with Crippen molar-refractivity contribution >= 4 is 10.9 Å². The van der Waals surface area contributed by atoms with Crippen molar-refractivity contribution in [3.8, 4) is 5.75 Å². The van der Waals surface area contributed by atoms with Gasteiger partial charge >= 0.3 is 6.18 Å². The molecule has 33 heavy (non-hydrogen) atoms. The molecular formula is C25H27F3N2O3. The smallest absolute Gasteiger partial charge is 0.401 e. The number of pyridine rings is 1. The Hall–Kier alpha value is -2.84. The first-order valence-corrected chi connectivity index (χ1v) is 11.0. The molecule has 0 spiro atoms. The lowest BCUT2D eigenvalue weighted by molar-refractivity contribution is -0.146. The summed E-state index contributed by atoms with van der Waals surface area (Å²) in [5.41, 5.74) is 1.58. The first-order chi connectivity index (χ1) is 15.7. The number of halogens is 3. The van der Waals surface area contributed by atoms with Crippen LogP contribution in [-0.4, -0.2) is 42.8 Å². The van der Waals surface area contributed by atoms with E-state index in [1.807, 2.05) is 49.4 Å². The number of hydrogen-bond donors (Lipinski definition) is 1. The van der Waals surface area contributed by atoms with Gasteiger partial charge in [0, 0.05) is 31.8 Å². The Morgan fingerprint density at radius 2 is 1.97 bits per heavy atom. The molecular weight excluding hydrogens is 433 g/mol. The second-order valence-electron chi connectivity index (χ2n) is 8.49. The van der Waals surface area contributed by atoms with Crippen LogP contribution >= 0.6 is 0 Å². The molecule has 1 saturated heterocycles. The minimum absolute atomic E-state index is 0.150. The van der Waals surface area contributed by atoms with Crippen molar-refractivity contribution in [2.24, 2.45) is 0 Å². The van der Waals surface area contributed by atoms with Crippen LogP contribution in [0, 0.1) is 0 Å². The maximum Gasteiger partial charge on any atom is 0.401 e. The Bertz CT molecular complexity index is 1180. The van der Waals surface area contributed by atoms with Gasteiger partial charge in [0.15, 0.2) is 0 Å². The zero-order valence-electron chi connectivity index (χ0n) is 18.6. The van der Waals surface area contributed by atoms with Crippen LogP contribution < -0.4 is 10.3 Å². The van der Waals surface area contributed by atoms with Crippen LogP contribution in [0.2, 0.25) is 0 Å². The molecule has 1 aliphatic heterocycles. The number of benzene rings is 2. The number of nitrogens with one attached hydrogen (secondary N) is 1. The third-order valence-electron chi connectivity index (χ3n) is 6.23. The molecule has 3 aromatic rings. The standard InChI is InChI=1S/C25H27F3N2O3/c1-3-22(18-7-9-21-17(13-18)8-10-23(31)29-21)33-20-6-4-5-19(14-20)24(32-2)11-12-30(15-24)16-25(26,27)28/h4-10,13-14,22H,3,11-12,15-16H2,1-2H3,(H,29,31). The number of nitrogens with zero attached hydrogens (tertiary/aromatic N) is 1. The molecule has 0 amide bonds. The number of aromatic nitrogens is 1. The molecule has 2 aromatic carbocycles. The molecule has 1 N–H and O–H groups in total. The highest BCUT2D eigenvalue weighted by atomic mass is 19.4. The van der Waals surface area contributed by atoms with Gasteiger partial charge in [-0.1, -0.05) is 25.1 Å². The highest BCUT2D eigenvalue weighted by molar-refractivity contribution is 5.79. The van der Waals surface area contributed by atoms with Gasteiger partial charge in [-0.2, -0.15) is 13.2 Å². The second-order valence-corrected chi connectivity index (χ2v) is 8.49. The van der Waals surface area contributed by atoms with Crippen molar-refractivity contribution in [2.45, 2.75) is 37.6 Å². The third-order valence-corrected chi connectivity index (χ3v) is 6.23. The normalized spacial score (nSPS) is 20.3. The lowest BCUT2D eigenvalue weighted by Crippen LogP contribution is -2.37. The van der Waals surface area contributed by atoms with Crippen molar-refractivity contribution in [3.63, 3.8) is 0 Å². The maximum atomic E-state index is 12.9. The fraction of sp³-hybridized carbons (Fsp3) is 0.400. The molecule has 1 aliphatic rings. The summed E-state index contributed by atoms with van der Waals surface area (Å²) in [6, 6.07) is 16.5. The number of rotatable bonds is 7.